The lowest BCUT2D eigenvalue weighted by molar-refractivity contribution is 0.00578. The van der Waals surface area contributed by atoms with E-state index in [-0.39, 0.29) is 24.4 Å². The molecule has 0 N–H and O–H groups in total. The Balaban J connectivity index is 1.71. The zero-order valence-corrected chi connectivity index (χ0v) is 13.5. The molecule has 0 aliphatic carbocycles. The first-order valence-corrected chi connectivity index (χ1v) is 7.90. The van der Waals surface area contributed by atoms with Crippen molar-refractivity contribution in [3.63, 3.8) is 0 Å². The van der Waals surface area contributed by atoms with Crippen LogP contribution in [0.5, 0.6) is 0 Å². The van der Waals surface area contributed by atoms with Crippen LogP contribution in [0.1, 0.15) is 39.7 Å². The third-order valence-corrected chi connectivity index (χ3v) is 5.16. The highest BCUT2D eigenvalue weighted by Crippen LogP contribution is 2.44. The average Bonchev–Trinajstić information content (AvgIpc) is 2.94. The molecular formula is C17H25BO3. The van der Waals surface area contributed by atoms with E-state index in [4.69, 9.17) is 14.0 Å². The molecular weight excluding hydrogens is 263 g/mol. The molecule has 2 aliphatic heterocycles. The zero-order chi connectivity index (χ0) is 15.1. The molecule has 2 fully saturated rings. The zero-order valence-electron chi connectivity index (χ0n) is 13.5. The summed E-state index contributed by atoms with van der Waals surface area (Å²) in [5.74, 6) is 0.311. The first-order chi connectivity index (χ1) is 9.89. The van der Waals surface area contributed by atoms with Crippen LogP contribution in [0.3, 0.4) is 0 Å². The number of benzene rings is 1. The molecule has 0 unspecified atom stereocenters. The SMILES string of the molecule is CC1(C)OB([C@@H]2CCO[C@@H]2Cc2ccccc2)OC1(C)C. The Labute approximate surface area is 128 Å². The minimum atomic E-state index is -0.266. The van der Waals surface area contributed by atoms with Gasteiger partial charge in [0.05, 0.1) is 17.3 Å². The van der Waals surface area contributed by atoms with E-state index in [1.54, 1.807) is 0 Å². The van der Waals surface area contributed by atoms with Gasteiger partial charge in [0.25, 0.3) is 0 Å². The first-order valence-electron chi connectivity index (χ1n) is 7.90. The van der Waals surface area contributed by atoms with Crippen molar-refractivity contribution in [2.75, 3.05) is 6.61 Å². The van der Waals surface area contributed by atoms with Gasteiger partial charge in [-0.3, -0.25) is 0 Å². The van der Waals surface area contributed by atoms with E-state index in [0.717, 1.165) is 19.4 Å². The average molecular weight is 288 g/mol. The Hall–Kier alpha value is -0.835. The Kier molecular flexibility index (Phi) is 3.89. The second-order valence-electron chi connectivity index (χ2n) is 7.18. The summed E-state index contributed by atoms with van der Waals surface area (Å²) in [6.45, 7) is 9.22. The van der Waals surface area contributed by atoms with Crippen molar-refractivity contribution in [3.05, 3.63) is 35.9 Å². The summed E-state index contributed by atoms with van der Waals surface area (Å²) in [5, 5.41) is 0. The normalized spacial score (nSPS) is 30.8. The monoisotopic (exact) mass is 288 g/mol. The predicted octanol–water partition coefficient (Wildman–Crippen LogP) is 3.48. The van der Waals surface area contributed by atoms with Crippen molar-refractivity contribution >= 4 is 7.12 Å². The number of ether oxygens (including phenoxy) is 1. The standard InChI is InChI=1S/C17H25BO3/c1-16(2)17(3,4)21-18(20-16)14-10-11-19-15(14)12-13-8-6-5-7-9-13/h5-9,14-15H,10-12H2,1-4H3/t14-,15-/m1/s1. The smallest absolute Gasteiger partial charge is 0.403 e. The second kappa shape index (κ2) is 5.42. The lowest BCUT2D eigenvalue weighted by Crippen LogP contribution is -2.41. The molecule has 0 aromatic heterocycles. The van der Waals surface area contributed by atoms with Gasteiger partial charge in [0.2, 0.25) is 0 Å². The number of rotatable bonds is 3. The van der Waals surface area contributed by atoms with Gasteiger partial charge in [-0.1, -0.05) is 30.3 Å². The summed E-state index contributed by atoms with van der Waals surface area (Å²) in [6.07, 6.45) is 2.12. The maximum atomic E-state index is 6.21. The predicted molar refractivity (Wildman–Crippen MR) is 84.3 cm³/mol. The van der Waals surface area contributed by atoms with E-state index in [1.165, 1.54) is 5.56 Å². The Morgan fingerprint density at radius 2 is 1.67 bits per heavy atom. The molecule has 2 atom stereocenters. The van der Waals surface area contributed by atoms with Gasteiger partial charge >= 0.3 is 7.12 Å². The van der Waals surface area contributed by atoms with Gasteiger partial charge in [0.15, 0.2) is 0 Å². The van der Waals surface area contributed by atoms with Crippen LogP contribution in [-0.2, 0) is 20.5 Å². The largest absolute Gasteiger partial charge is 0.463 e. The molecule has 114 valence electrons. The Bertz CT molecular complexity index is 470. The van der Waals surface area contributed by atoms with Crippen LogP contribution in [0.25, 0.3) is 0 Å². The van der Waals surface area contributed by atoms with Crippen LogP contribution < -0.4 is 0 Å². The molecule has 1 aromatic carbocycles. The van der Waals surface area contributed by atoms with Gasteiger partial charge in [-0.2, -0.15) is 0 Å². The van der Waals surface area contributed by atoms with Gasteiger partial charge in [0.1, 0.15) is 0 Å². The molecule has 3 rings (SSSR count). The lowest BCUT2D eigenvalue weighted by atomic mass is 9.67. The van der Waals surface area contributed by atoms with Gasteiger partial charge in [0, 0.05) is 12.4 Å². The van der Waals surface area contributed by atoms with Crippen molar-refractivity contribution in [1.82, 2.24) is 0 Å². The van der Waals surface area contributed by atoms with Crippen molar-refractivity contribution in [1.29, 1.82) is 0 Å². The molecule has 2 saturated heterocycles. The lowest BCUT2D eigenvalue weighted by Gasteiger charge is -2.32. The highest BCUT2D eigenvalue weighted by Gasteiger charge is 2.56. The van der Waals surface area contributed by atoms with Crippen molar-refractivity contribution in [3.8, 4) is 0 Å². The fourth-order valence-electron chi connectivity index (χ4n) is 3.10. The van der Waals surface area contributed by atoms with Crippen LogP contribution in [0.4, 0.5) is 0 Å². The summed E-state index contributed by atoms with van der Waals surface area (Å²) in [4.78, 5) is 0. The van der Waals surface area contributed by atoms with Gasteiger partial charge in [-0.15, -0.1) is 0 Å². The topological polar surface area (TPSA) is 27.7 Å². The molecule has 3 nitrogen and oxygen atoms in total. The summed E-state index contributed by atoms with van der Waals surface area (Å²) in [7, 11) is -0.161. The van der Waals surface area contributed by atoms with E-state index < -0.39 is 0 Å². The quantitative estimate of drug-likeness (QED) is 0.797. The van der Waals surface area contributed by atoms with Crippen LogP contribution in [0.2, 0.25) is 5.82 Å². The minimum absolute atomic E-state index is 0.161. The van der Waals surface area contributed by atoms with Crippen molar-refractivity contribution in [2.24, 2.45) is 0 Å². The maximum Gasteiger partial charge on any atom is 0.463 e. The summed E-state index contributed by atoms with van der Waals surface area (Å²) >= 11 is 0. The Morgan fingerprint density at radius 3 is 2.29 bits per heavy atom. The fraction of sp³-hybridized carbons (Fsp3) is 0.647. The molecule has 2 aliphatic rings. The molecule has 2 heterocycles. The molecule has 1 aromatic rings. The summed E-state index contributed by atoms with van der Waals surface area (Å²) < 4.78 is 18.4. The van der Waals surface area contributed by atoms with Gasteiger partial charge in [-0.25, -0.2) is 0 Å². The molecule has 0 spiro atoms. The fourth-order valence-corrected chi connectivity index (χ4v) is 3.10. The van der Waals surface area contributed by atoms with E-state index >= 15 is 0 Å². The van der Waals surface area contributed by atoms with E-state index in [0.29, 0.717) is 5.82 Å². The Morgan fingerprint density at radius 1 is 1.05 bits per heavy atom. The summed E-state index contributed by atoms with van der Waals surface area (Å²) in [5.41, 5.74) is 0.778. The first kappa shape index (κ1) is 15.1. The molecule has 0 bridgehead atoms. The molecule has 4 heteroatoms. The van der Waals surface area contributed by atoms with Gasteiger partial charge in [-0.05, 0) is 46.1 Å². The highest BCUT2D eigenvalue weighted by atomic mass is 16.7. The molecule has 0 amide bonds. The second-order valence-corrected chi connectivity index (χ2v) is 7.18. The van der Waals surface area contributed by atoms with Crippen molar-refractivity contribution in [2.45, 2.75) is 63.7 Å². The van der Waals surface area contributed by atoms with E-state index in [2.05, 4.69) is 52.0 Å². The number of hydrogen-bond acceptors (Lipinski definition) is 3. The van der Waals surface area contributed by atoms with Crippen LogP contribution in [0.15, 0.2) is 30.3 Å². The molecule has 21 heavy (non-hydrogen) atoms. The maximum absolute atomic E-state index is 6.21. The van der Waals surface area contributed by atoms with Crippen molar-refractivity contribution < 1.29 is 14.0 Å². The molecule has 0 saturated carbocycles. The highest BCUT2D eigenvalue weighted by molar-refractivity contribution is 6.47. The third kappa shape index (κ3) is 2.89. The third-order valence-electron chi connectivity index (χ3n) is 5.16. The van der Waals surface area contributed by atoms with E-state index in [1.807, 2.05) is 6.07 Å². The van der Waals surface area contributed by atoms with Crippen LogP contribution >= 0.6 is 0 Å². The minimum Gasteiger partial charge on any atom is -0.403 e. The van der Waals surface area contributed by atoms with E-state index in [9.17, 15) is 0 Å². The number of hydrogen-bond donors (Lipinski definition) is 0. The van der Waals surface area contributed by atoms with Gasteiger partial charge < -0.3 is 14.0 Å². The molecule has 0 radical (unpaired) electrons. The summed E-state index contributed by atoms with van der Waals surface area (Å²) in [6, 6.07) is 10.5. The van der Waals surface area contributed by atoms with Crippen LogP contribution in [-0.4, -0.2) is 31.0 Å². The van der Waals surface area contributed by atoms with Crippen LogP contribution in [0, 0.1) is 0 Å².